The van der Waals surface area contributed by atoms with E-state index < -0.39 is 11.5 Å². The second kappa shape index (κ2) is 4.61. The number of primary amides is 1. The quantitative estimate of drug-likeness (QED) is 0.681. The number of amides is 1. The van der Waals surface area contributed by atoms with Gasteiger partial charge in [-0.1, -0.05) is 27.7 Å². The highest BCUT2D eigenvalue weighted by Gasteiger charge is 2.34. The van der Waals surface area contributed by atoms with Crippen molar-refractivity contribution in [2.75, 3.05) is 0 Å². The maximum absolute atomic E-state index is 11.1. The van der Waals surface area contributed by atoms with E-state index in [-0.39, 0.29) is 11.8 Å². The minimum Gasteiger partial charge on any atom is -0.380 e. The highest BCUT2D eigenvalue weighted by atomic mass is 16.3. The Morgan fingerprint density at radius 3 is 1.69 bits per heavy atom. The summed E-state index contributed by atoms with van der Waals surface area (Å²) in [7, 11) is 0. The van der Waals surface area contributed by atoms with Gasteiger partial charge in [0, 0.05) is 0 Å². The van der Waals surface area contributed by atoms with Gasteiger partial charge in [0.05, 0.1) is 0 Å². The predicted octanol–water partition coefficient (Wildman–Crippen LogP) is 1.29. The molecule has 13 heavy (non-hydrogen) atoms. The van der Waals surface area contributed by atoms with Crippen LogP contribution in [0.5, 0.6) is 0 Å². The van der Waals surface area contributed by atoms with Gasteiger partial charge in [0.1, 0.15) is 5.60 Å². The van der Waals surface area contributed by atoms with Gasteiger partial charge in [-0.2, -0.15) is 0 Å². The minimum absolute atomic E-state index is 0.274. The van der Waals surface area contributed by atoms with Crippen molar-refractivity contribution in [1.29, 1.82) is 0 Å². The van der Waals surface area contributed by atoms with Crippen LogP contribution in [-0.2, 0) is 4.79 Å². The third-order valence-corrected chi connectivity index (χ3v) is 1.95. The van der Waals surface area contributed by atoms with Crippen molar-refractivity contribution >= 4 is 5.91 Å². The zero-order valence-corrected chi connectivity index (χ0v) is 9.00. The van der Waals surface area contributed by atoms with Crippen molar-refractivity contribution in [2.24, 2.45) is 17.6 Å². The van der Waals surface area contributed by atoms with Gasteiger partial charge >= 0.3 is 0 Å². The SMILES string of the molecule is CC(C)CC(O)(CC(C)C)C(N)=O. The summed E-state index contributed by atoms with van der Waals surface area (Å²) >= 11 is 0. The number of aliphatic hydroxyl groups is 1. The van der Waals surface area contributed by atoms with Gasteiger partial charge in [-0.05, 0) is 24.7 Å². The summed E-state index contributed by atoms with van der Waals surface area (Å²) in [6.07, 6.45) is 0.890. The molecule has 0 unspecified atom stereocenters. The smallest absolute Gasteiger partial charge is 0.249 e. The molecule has 0 rings (SSSR count). The van der Waals surface area contributed by atoms with Crippen LogP contribution in [0.25, 0.3) is 0 Å². The van der Waals surface area contributed by atoms with Crippen LogP contribution in [0.1, 0.15) is 40.5 Å². The Balaban J connectivity index is 4.43. The van der Waals surface area contributed by atoms with Gasteiger partial charge in [0.15, 0.2) is 0 Å². The Morgan fingerprint density at radius 2 is 1.54 bits per heavy atom. The summed E-state index contributed by atoms with van der Waals surface area (Å²) in [6, 6.07) is 0. The Morgan fingerprint density at radius 1 is 1.23 bits per heavy atom. The molecule has 0 spiro atoms. The Bertz CT molecular complexity index is 166. The molecular weight excluding hydrogens is 166 g/mol. The Labute approximate surface area is 80.3 Å². The van der Waals surface area contributed by atoms with Crippen molar-refractivity contribution in [1.82, 2.24) is 0 Å². The van der Waals surface area contributed by atoms with Gasteiger partial charge in [0.2, 0.25) is 5.91 Å². The first-order valence-electron chi connectivity index (χ1n) is 4.80. The molecule has 0 atom stereocenters. The molecule has 0 saturated carbocycles. The van der Waals surface area contributed by atoms with Gasteiger partial charge in [-0.3, -0.25) is 4.79 Å². The van der Waals surface area contributed by atoms with Crippen LogP contribution in [0.4, 0.5) is 0 Å². The van der Waals surface area contributed by atoms with Crippen molar-refractivity contribution in [2.45, 2.75) is 46.1 Å². The molecule has 0 aliphatic carbocycles. The molecule has 0 aromatic carbocycles. The molecule has 1 amide bonds. The highest BCUT2D eigenvalue weighted by molar-refractivity contribution is 5.83. The first kappa shape index (κ1) is 12.4. The maximum atomic E-state index is 11.1. The lowest BCUT2D eigenvalue weighted by atomic mass is 9.84. The Hall–Kier alpha value is -0.570. The molecule has 0 heterocycles. The van der Waals surface area contributed by atoms with Gasteiger partial charge < -0.3 is 10.8 Å². The van der Waals surface area contributed by atoms with Gasteiger partial charge in [0.25, 0.3) is 0 Å². The minimum atomic E-state index is -1.32. The molecule has 0 aliphatic heterocycles. The molecule has 3 N–H and O–H groups in total. The molecule has 0 saturated heterocycles. The molecular formula is C10H21NO2. The van der Waals surface area contributed by atoms with Crippen molar-refractivity contribution in [3.63, 3.8) is 0 Å². The Kier molecular flexibility index (Phi) is 4.40. The zero-order valence-electron chi connectivity index (χ0n) is 9.00. The van der Waals surface area contributed by atoms with Crippen molar-refractivity contribution in [3.8, 4) is 0 Å². The van der Waals surface area contributed by atoms with E-state index in [4.69, 9.17) is 5.73 Å². The number of hydrogen-bond acceptors (Lipinski definition) is 2. The predicted molar refractivity (Wildman–Crippen MR) is 53.1 cm³/mol. The van der Waals surface area contributed by atoms with Crippen LogP contribution >= 0.6 is 0 Å². The fourth-order valence-electron chi connectivity index (χ4n) is 1.64. The van der Waals surface area contributed by atoms with E-state index in [9.17, 15) is 9.90 Å². The standard InChI is InChI=1S/C10H21NO2/c1-7(2)5-10(13,9(11)12)6-8(3)4/h7-8,13H,5-6H2,1-4H3,(H2,11,12). The summed E-state index contributed by atoms with van der Waals surface area (Å²) < 4.78 is 0. The number of hydrogen-bond donors (Lipinski definition) is 2. The average molecular weight is 187 g/mol. The summed E-state index contributed by atoms with van der Waals surface area (Å²) in [5.41, 5.74) is 3.86. The van der Waals surface area contributed by atoms with Crippen molar-refractivity contribution < 1.29 is 9.90 Å². The lowest BCUT2D eigenvalue weighted by molar-refractivity contribution is -0.139. The van der Waals surface area contributed by atoms with E-state index in [1.807, 2.05) is 27.7 Å². The summed E-state index contributed by atoms with van der Waals surface area (Å²) in [4.78, 5) is 11.1. The molecule has 3 heteroatoms. The number of carbonyl (C=O) groups excluding carboxylic acids is 1. The molecule has 0 bridgehead atoms. The fraction of sp³-hybridized carbons (Fsp3) is 0.900. The van der Waals surface area contributed by atoms with Crippen LogP contribution in [-0.4, -0.2) is 16.6 Å². The normalized spacial score (nSPS) is 12.5. The maximum Gasteiger partial charge on any atom is 0.249 e. The molecule has 78 valence electrons. The number of rotatable bonds is 5. The van der Waals surface area contributed by atoms with Gasteiger partial charge in [-0.15, -0.1) is 0 Å². The second-order valence-corrected chi connectivity index (χ2v) is 4.59. The third kappa shape index (κ3) is 4.27. The molecule has 0 radical (unpaired) electrons. The van der Waals surface area contributed by atoms with E-state index in [2.05, 4.69) is 0 Å². The average Bonchev–Trinajstić information content (AvgIpc) is 1.82. The third-order valence-electron chi connectivity index (χ3n) is 1.95. The van der Waals surface area contributed by atoms with E-state index in [1.165, 1.54) is 0 Å². The highest BCUT2D eigenvalue weighted by Crippen LogP contribution is 2.24. The largest absolute Gasteiger partial charge is 0.380 e. The van der Waals surface area contributed by atoms with Crippen LogP contribution in [0.15, 0.2) is 0 Å². The number of carbonyl (C=O) groups is 1. The van der Waals surface area contributed by atoms with Crippen LogP contribution < -0.4 is 5.73 Å². The van der Waals surface area contributed by atoms with Crippen LogP contribution in [0.3, 0.4) is 0 Å². The molecule has 3 nitrogen and oxygen atoms in total. The summed E-state index contributed by atoms with van der Waals surface area (Å²) in [5, 5.41) is 9.95. The first-order valence-corrected chi connectivity index (χ1v) is 4.80. The summed E-state index contributed by atoms with van der Waals surface area (Å²) in [5.74, 6) is -0.0533. The monoisotopic (exact) mass is 187 g/mol. The number of nitrogens with two attached hydrogens (primary N) is 1. The molecule has 0 aliphatic rings. The zero-order chi connectivity index (χ0) is 10.6. The van der Waals surface area contributed by atoms with Crippen LogP contribution in [0, 0.1) is 11.8 Å². The lowest BCUT2D eigenvalue weighted by Crippen LogP contribution is -2.45. The van der Waals surface area contributed by atoms with E-state index in [1.54, 1.807) is 0 Å². The van der Waals surface area contributed by atoms with Crippen LogP contribution in [0.2, 0.25) is 0 Å². The van der Waals surface area contributed by atoms with E-state index in [0.29, 0.717) is 12.8 Å². The fourth-order valence-corrected chi connectivity index (χ4v) is 1.64. The topological polar surface area (TPSA) is 63.3 Å². The lowest BCUT2D eigenvalue weighted by Gasteiger charge is -2.28. The molecule has 0 fully saturated rings. The molecule has 0 aromatic rings. The first-order chi connectivity index (χ1) is 5.78. The van der Waals surface area contributed by atoms with Crippen molar-refractivity contribution in [3.05, 3.63) is 0 Å². The van der Waals surface area contributed by atoms with E-state index >= 15 is 0 Å². The summed E-state index contributed by atoms with van der Waals surface area (Å²) in [6.45, 7) is 7.87. The van der Waals surface area contributed by atoms with Gasteiger partial charge in [-0.25, -0.2) is 0 Å². The second-order valence-electron chi connectivity index (χ2n) is 4.59. The van der Waals surface area contributed by atoms with E-state index in [0.717, 1.165) is 0 Å². The molecule has 0 aromatic heterocycles.